The third kappa shape index (κ3) is 5.39. The van der Waals surface area contributed by atoms with Crippen LogP contribution in [-0.2, 0) is 23.9 Å². The van der Waals surface area contributed by atoms with Gasteiger partial charge < -0.3 is 19.7 Å². The van der Waals surface area contributed by atoms with E-state index < -0.39 is 42.5 Å². The minimum Gasteiger partial charge on any atom is -0.456 e. The molecule has 0 saturated carbocycles. The van der Waals surface area contributed by atoms with Gasteiger partial charge in [0, 0.05) is 26.0 Å². The summed E-state index contributed by atoms with van der Waals surface area (Å²) in [7, 11) is 0. The fraction of sp³-hybridized carbons (Fsp3) is 0.429. The number of cyclic esters (lactones) is 1. The molecule has 31 heavy (non-hydrogen) atoms. The molecule has 0 spiro atoms. The van der Waals surface area contributed by atoms with Crippen molar-refractivity contribution >= 4 is 29.6 Å². The summed E-state index contributed by atoms with van der Waals surface area (Å²) in [5.74, 6) is -1.81. The predicted octanol–water partition coefficient (Wildman–Crippen LogP) is 1.68. The number of carbonyl (C=O) groups excluding carboxylic acids is 4. The third-order valence-electron chi connectivity index (χ3n) is 4.98. The SMILES string of the molecule is CC(=O)NC[C@H]1CN(c2ccc(C3C=CCCN3C(=O)COC(C)=O)c(F)c2)C(=O)O1. The molecule has 0 aliphatic carbocycles. The van der Waals surface area contributed by atoms with Crippen molar-refractivity contribution in [3.05, 3.63) is 41.7 Å². The first-order valence-corrected chi connectivity index (χ1v) is 9.87. The van der Waals surface area contributed by atoms with Gasteiger partial charge in [0.1, 0.15) is 11.9 Å². The molecule has 9 nitrogen and oxygen atoms in total. The number of halogens is 1. The minimum atomic E-state index is -0.649. The molecule has 2 heterocycles. The number of anilines is 1. The number of hydrogen-bond donors (Lipinski definition) is 1. The Balaban J connectivity index is 1.75. The highest BCUT2D eigenvalue weighted by Gasteiger charge is 2.33. The zero-order valence-electron chi connectivity index (χ0n) is 17.3. The van der Waals surface area contributed by atoms with Crippen LogP contribution in [0.15, 0.2) is 30.4 Å². The van der Waals surface area contributed by atoms with Crippen molar-refractivity contribution in [3.8, 4) is 0 Å². The molecule has 1 aromatic carbocycles. The van der Waals surface area contributed by atoms with Gasteiger partial charge in [0.15, 0.2) is 6.61 Å². The predicted molar refractivity (Wildman–Crippen MR) is 108 cm³/mol. The van der Waals surface area contributed by atoms with Crippen LogP contribution in [0.25, 0.3) is 0 Å². The number of benzene rings is 1. The van der Waals surface area contributed by atoms with Crippen LogP contribution in [0, 0.1) is 5.82 Å². The largest absolute Gasteiger partial charge is 0.456 e. The number of esters is 1. The fourth-order valence-electron chi connectivity index (χ4n) is 3.50. The first kappa shape index (κ1) is 22.3. The summed E-state index contributed by atoms with van der Waals surface area (Å²) in [6, 6.07) is 3.67. The van der Waals surface area contributed by atoms with Crippen molar-refractivity contribution in [1.29, 1.82) is 0 Å². The lowest BCUT2D eigenvalue weighted by Gasteiger charge is -2.33. The second kappa shape index (κ2) is 9.59. The van der Waals surface area contributed by atoms with Gasteiger partial charge in [-0.15, -0.1) is 0 Å². The van der Waals surface area contributed by atoms with Crippen LogP contribution in [0.1, 0.15) is 31.9 Å². The molecule has 2 aliphatic heterocycles. The Morgan fingerprint density at radius 2 is 2.06 bits per heavy atom. The highest BCUT2D eigenvalue weighted by Crippen LogP contribution is 2.31. The highest BCUT2D eigenvalue weighted by atomic mass is 19.1. The average Bonchev–Trinajstić information content (AvgIpc) is 3.11. The van der Waals surface area contributed by atoms with Crippen molar-refractivity contribution in [2.45, 2.75) is 32.4 Å². The molecule has 10 heteroatoms. The summed E-state index contributed by atoms with van der Waals surface area (Å²) in [6.07, 6.45) is 3.03. The maximum Gasteiger partial charge on any atom is 0.414 e. The molecule has 0 bridgehead atoms. The Hall–Kier alpha value is -3.43. The van der Waals surface area contributed by atoms with Crippen molar-refractivity contribution in [1.82, 2.24) is 10.2 Å². The van der Waals surface area contributed by atoms with E-state index in [1.165, 1.54) is 35.8 Å². The van der Waals surface area contributed by atoms with Crippen molar-refractivity contribution < 1.29 is 33.0 Å². The molecule has 3 amide bonds. The smallest absolute Gasteiger partial charge is 0.414 e. The number of nitrogens with zero attached hydrogens (tertiary/aromatic N) is 2. The molecule has 166 valence electrons. The number of amides is 3. The highest BCUT2D eigenvalue weighted by molar-refractivity contribution is 5.90. The van der Waals surface area contributed by atoms with Gasteiger partial charge >= 0.3 is 12.1 Å². The van der Waals surface area contributed by atoms with E-state index in [1.54, 1.807) is 12.1 Å². The van der Waals surface area contributed by atoms with Gasteiger partial charge in [-0.05, 0) is 18.6 Å². The van der Waals surface area contributed by atoms with Gasteiger partial charge in [0.05, 0.1) is 24.8 Å². The third-order valence-corrected chi connectivity index (χ3v) is 4.98. The number of nitrogens with one attached hydrogen (secondary N) is 1. The standard InChI is InChI=1S/C21H24FN3O6/c1-13(26)23-10-16-11-25(21(29)31-16)15-6-7-17(18(22)9-15)19-5-3-4-8-24(19)20(28)12-30-14(2)27/h3,5-7,9,16,19H,4,8,10-12H2,1-2H3,(H,23,26)/t16-,19?/m0/s1. The number of carbonyl (C=O) groups is 4. The Bertz CT molecular complexity index is 918. The molecule has 1 aromatic rings. The molecular formula is C21H24FN3O6. The van der Waals surface area contributed by atoms with Crippen LogP contribution < -0.4 is 10.2 Å². The molecule has 2 atom stereocenters. The van der Waals surface area contributed by atoms with E-state index in [2.05, 4.69) is 5.32 Å². The fourth-order valence-corrected chi connectivity index (χ4v) is 3.50. The number of rotatable bonds is 6. The Labute approximate surface area is 178 Å². The molecule has 1 N–H and O–H groups in total. The number of ether oxygens (including phenoxy) is 2. The molecule has 0 aromatic heterocycles. The van der Waals surface area contributed by atoms with E-state index in [9.17, 15) is 19.2 Å². The van der Waals surface area contributed by atoms with Gasteiger partial charge in [-0.1, -0.05) is 18.2 Å². The lowest BCUT2D eigenvalue weighted by Crippen LogP contribution is -2.39. The van der Waals surface area contributed by atoms with Crippen LogP contribution in [0.3, 0.4) is 0 Å². The normalized spacial score (nSPS) is 20.4. The van der Waals surface area contributed by atoms with Crippen LogP contribution in [0.5, 0.6) is 0 Å². The second-order valence-electron chi connectivity index (χ2n) is 7.29. The van der Waals surface area contributed by atoms with E-state index in [0.717, 1.165) is 0 Å². The summed E-state index contributed by atoms with van der Waals surface area (Å²) in [6.45, 7) is 2.88. The Morgan fingerprint density at radius 1 is 1.29 bits per heavy atom. The zero-order valence-corrected chi connectivity index (χ0v) is 17.3. The number of hydrogen-bond acceptors (Lipinski definition) is 6. The molecule has 3 rings (SSSR count). The Kier molecular flexibility index (Phi) is 6.88. The minimum absolute atomic E-state index is 0.171. The molecule has 1 fully saturated rings. The lowest BCUT2D eigenvalue weighted by atomic mass is 9.99. The van der Waals surface area contributed by atoms with Crippen LogP contribution >= 0.6 is 0 Å². The van der Waals surface area contributed by atoms with Crippen molar-refractivity contribution in [2.24, 2.45) is 0 Å². The van der Waals surface area contributed by atoms with Crippen molar-refractivity contribution in [3.63, 3.8) is 0 Å². The Morgan fingerprint density at radius 3 is 2.74 bits per heavy atom. The molecule has 1 saturated heterocycles. The van der Waals surface area contributed by atoms with Crippen LogP contribution in [0.2, 0.25) is 0 Å². The summed E-state index contributed by atoms with van der Waals surface area (Å²) in [5.41, 5.74) is 0.576. The maximum absolute atomic E-state index is 15.0. The topological polar surface area (TPSA) is 105 Å². The van der Waals surface area contributed by atoms with Gasteiger partial charge in [-0.25, -0.2) is 9.18 Å². The average molecular weight is 433 g/mol. The van der Waals surface area contributed by atoms with Crippen molar-refractivity contribution in [2.75, 3.05) is 31.1 Å². The van der Waals surface area contributed by atoms with Crippen LogP contribution in [-0.4, -0.2) is 61.1 Å². The molecule has 2 aliphatic rings. The quantitative estimate of drug-likeness (QED) is 0.541. The van der Waals surface area contributed by atoms with E-state index in [4.69, 9.17) is 9.47 Å². The van der Waals surface area contributed by atoms with E-state index >= 15 is 4.39 Å². The molecule has 0 radical (unpaired) electrons. The van der Waals surface area contributed by atoms with Gasteiger partial charge in [-0.3, -0.25) is 19.3 Å². The van der Waals surface area contributed by atoms with E-state index in [0.29, 0.717) is 18.7 Å². The lowest BCUT2D eigenvalue weighted by molar-refractivity contribution is -0.151. The van der Waals surface area contributed by atoms with E-state index in [1.807, 2.05) is 6.08 Å². The molecular weight excluding hydrogens is 409 g/mol. The second-order valence-corrected chi connectivity index (χ2v) is 7.29. The van der Waals surface area contributed by atoms with Gasteiger partial charge in [0.2, 0.25) is 5.91 Å². The van der Waals surface area contributed by atoms with E-state index in [-0.39, 0.29) is 24.6 Å². The van der Waals surface area contributed by atoms with Crippen LogP contribution in [0.4, 0.5) is 14.9 Å². The molecule has 1 unspecified atom stereocenters. The first-order valence-electron chi connectivity index (χ1n) is 9.87. The van der Waals surface area contributed by atoms with Gasteiger partial charge in [0.25, 0.3) is 5.91 Å². The van der Waals surface area contributed by atoms with Gasteiger partial charge in [-0.2, -0.15) is 0 Å². The maximum atomic E-state index is 15.0. The summed E-state index contributed by atoms with van der Waals surface area (Å²) >= 11 is 0. The summed E-state index contributed by atoms with van der Waals surface area (Å²) < 4.78 is 25.0. The summed E-state index contributed by atoms with van der Waals surface area (Å²) in [4.78, 5) is 49.4. The monoisotopic (exact) mass is 433 g/mol. The zero-order chi connectivity index (χ0) is 22.5. The first-order chi connectivity index (χ1) is 14.8. The summed E-state index contributed by atoms with van der Waals surface area (Å²) in [5, 5.41) is 2.58.